The average molecular weight is 281 g/mol. The zero-order valence-corrected chi connectivity index (χ0v) is 11.4. The van der Waals surface area contributed by atoms with E-state index in [2.05, 4.69) is 16.3 Å². The van der Waals surface area contributed by atoms with E-state index in [1.807, 2.05) is 18.2 Å². The van der Waals surface area contributed by atoms with E-state index in [9.17, 15) is 0 Å². The molecule has 0 aliphatic carbocycles. The Labute approximate surface area is 115 Å². The van der Waals surface area contributed by atoms with E-state index in [1.165, 1.54) is 5.56 Å². The molecule has 0 radical (unpaired) electrons. The highest BCUT2D eigenvalue weighted by molar-refractivity contribution is 7.11. The summed E-state index contributed by atoms with van der Waals surface area (Å²) in [5.74, 6) is 1.89. The molecule has 0 N–H and O–H groups in total. The summed E-state index contributed by atoms with van der Waals surface area (Å²) in [6, 6.07) is 8.17. The minimum Gasteiger partial charge on any atom is -0.493 e. The highest BCUT2D eigenvalue weighted by Crippen LogP contribution is 2.38. The monoisotopic (exact) mass is 280 g/mol. The Morgan fingerprint density at radius 3 is 3.11 bits per heavy atom. The van der Waals surface area contributed by atoms with Gasteiger partial charge >= 0.3 is 0 Å². The number of aromatic nitrogens is 2. The molecule has 1 aromatic carbocycles. The molecular formula is C13H13ClN2OS. The van der Waals surface area contributed by atoms with Crippen LogP contribution in [0.1, 0.15) is 27.9 Å². The van der Waals surface area contributed by atoms with Gasteiger partial charge in [0.15, 0.2) is 0 Å². The molecule has 0 amide bonds. The maximum Gasteiger partial charge on any atom is 0.125 e. The van der Waals surface area contributed by atoms with Gasteiger partial charge in [-0.15, -0.1) is 33.1 Å². The van der Waals surface area contributed by atoms with Crippen molar-refractivity contribution in [2.75, 3.05) is 12.5 Å². The largest absolute Gasteiger partial charge is 0.493 e. The van der Waals surface area contributed by atoms with Crippen LogP contribution in [0.25, 0.3) is 0 Å². The molecule has 2 heterocycles. The number of hydrogen-bond acceptors (Lipinski definition) is 4. The highest BCUT2D eigenvalue weighted by atomic mass is 35.5. The van der Waals surface area contributed by atoms with Crippen molar-refractivity contribution in [2.24, 2.45) is 0 Å². The van der Waals surface area contributed by atoms with Crippen molar-refractivity contribution in [1.29, 1.82) is 0 Å². The number of alkyl halides is 1. The van der Waals surface area contributed by atoms with Crippen LogP contribution in [-0.2, 0) is 6.42 Å². The molecule has 1 unspecified atom stereocenters. The number of ether oxygens (including phenoxy) is 1. The summed E-state index contributed by atoms with van der Waals surface area (Å²) >= 11 is 7.40. The fourth-order valence-corrected chi connectivity index (χ4v) is 3.47. The Balaban J connectivity index is 1.92. The van der Waals surface area contributed by atoms with Gasteiger partial charge in [0, 0.05) is 23.8 Å². The molecule has 0 spiro atoms. The molecule has 1 aliphatic heterocycles. The van der Waals surface area contributed by atoms with E-state index in [4.69, 9.17) is 16.3 Å². The van der Waals surface area contributed by atoms with E-state index >= 15 is 0 Å². The molecule has 18 heavy (non-hydrogen) atoms. The van der Waals surface area contributed by atoms with Crippen LogP contribution in [0.3, 0.4) is 0 Å². The number of nitrogens with zero attached hydrogens (tertiary/aromatic N) is 2. The molecule has 1 aliphatic rings. The number of rotatable bonds is 3. The van der Waals surface area contributed by atoms with Crippen LogP contribution in [0.15, 0.2) is 24.3 Å². The Kier molecular flexibility index (Phi) is 3.48. The lowest BCUT2D eigenvalue weighted by Gasteiger charge is -2.23. The molecule has 1 aromatic heterocycles. The van der Waals surface area contributed by atoms with E-state index < -0.39 is 0 Å². The Bertz CT molecular complexity index is 543. The summed E-state index contributed by atoms with van der Waals surface area (Å²) < 4.78 is 5.66. The summed E-state index contributed by atoms with van der Waals surface area (Å²) in [5, 5.41) is 10.6. The summed E-state index contributed by atoms with van der Waals surface area (Å²) in [6.45, 7) is 0.742. The van der Waals surface area contributed by atoms with Crippen LogP contribution >= 0.6 is 22.9 Å². The van der Waals surface area contributed by atoms with Gasteiger partial charge in [0.2, 0.25) is 0 Å². The normalized spacial score (nSPS) is 18.2. The number of para-hydroxylation sites is 1. The predicted molar refractivity (Wildman–Crippen MR) is 72.7 cm³/mol. The van der Waals surface area contributed by atoms with Crippen LogP contribution in [0.4, 0.5) is 0 Å². The van der Waals surface area contributed by atoms with Crippen molar-refractivity contribution in [3.05, 3.63) is 39.8 Å². The van der Waals surface area contributed by atoms with Crippen molar-refractivity contribution in [2.45, 2.75) is 18.8 Å². The van der Waals surface area contributed by atoms with Gasteiger partial charge in [0.25, 0.3) is 0 Å². The van der Waals surface area contributed by atoms with Crippen LogP contribution in [0, 0.1) is 0 Å². The number of hydrogen-bond donors (Lipinski definition) is 0. The summed E-state index contributed by atoms with van der Waals surface area (Å²) in [4.78, 5) is 0. The van der Waals surface area contributed by atoms with Crippen LogP contribution in [0.2, 0.25) is 0 Å². The zero-order chi connectivity index (χ0) is 12.4. The third-order valence-corrected chi connectivity index (χ3v) is 4.33. The minimum absolute atomic E-state index is 0.316. The van der Waals surface area contributed by atoms with Gasteiger partial charge < -0.3 is 4.74 Å². The van der Waals surface area contributed by atoms with Crippen molar-refractivity contribution in [1.82, 2.24) is 10.2 Å². The Morgan fingerprint density at radius 1 is 1.33 bits per heavy atom. The van der Waals surface area contributed by atoms with Crippen LogP contribution < -0.4 is 4.74 Å². The fraction of sp³-hybridized carbons (Fsp3) is 0.385. The number of benzene rings is 1. The molecule has 3 rings (SSSR count). The molecule has 0 fully saturated rings. The summed E-state index contributed by atoms with van der Waals surface area (Å²) in [5.41, 5.74) is 1.22. The molecule has 0 saturated carbocycles. The second-order valence-corrected chi connectivity index (χ2v) is 5.67. The number of halogens is 1. The third kappa shape index (κ3) is 2.22. The standard InChI is InChI=1S/C13H13ClN2OS/c14-7-5-12-15-16-13(18-12)10-6-8-17-11-4-2-1-3-9(10)11/h1-4,10H,5-8H2. The number of aryl methyl sites for hydroxylation is 1. The average Bonchev–Trinajstić information content (AvgIpc) is 2.87. The second-order valence-electron chi connectivity index (χ2n) is 4.20. The van der Waals surface area contributed by atoms with E-state index in [-0.39, 0.29) is 0 Å². The van der Waals surface area contributed by atoms with Gasteiger partial charge in [-0.05, 0) is 12.5 Å². The lowest BCUT2D eigenvalue weighted by atomic mass is 9.94. The molecule has 94 valence electrons. The quantitative estimate of drug-likeness (QED) is 0.810. The second kappa shape index (κ2) is 5.24. The first-order valence-electron chi connectivity index (χ1n) is 5.98. The smallest absolute Gasteiger partial charge is 0.125 e. The molecular weight excluding hydrogens is 268 g/mol. The van der Waals surface area contributed by atoms with Crippen molar-refractivity contribution < 1.29 is 4.74 Å². The highest BCUT2D eigenvalue weighted by Gasteiger charge is 2.25. The van der Waals surface area contributed by atoms with Crippen molar-refractivity contribution in [3.8, 4) is 5.75 Å². The third-order valence-electron chi connectivity index (χ3n) is 3.05. The first-order chi connectivity index (χ1) is 8.88. The zero-order valence-electron chi connectivity index (χ0n) is 9.80. The van der Waals surface area contributed by atoms with Gasteiger partial charge in [-0.2, -0.15) is 0 Å². The molecule has 1 atom stereocenters. The van der Waals surface area contributed by atoms with Crippen molar-refractivity contribution >= 4 is 22.9 Å². The van der Waals surface area contributed by atoms with E-state index in [0.29, 0.717) is 11.8 Å². The van der Waals surface area contributed by atoms with Gasteiger partial charge in [-0.1, -0.05) is 18.2 Å². The SMILES string of the molecule is ClCCc1nnc(C2CCOc3ccccc32)s1. The van der Waals surface area contributed by atoms with Gasteiger partial charge in [-0.25, -0.2) is 0 Å². The van der Waals surface area contributed by atoms with E-state index in [1.54, 1.807) is 11.3 Å². The molecule has 0 saturated heterocycles. The number of fused-ring (bicyclic) bond motifs is 1. The Morgan fingerprint density at radius 2 is 2.22 bits per heavy atom. The minimum atomic E-state index is 0.316. The van der Waals surface area contributed by atoms with Gasteiger partial charge in [-0.3, -0.25) is 0 Å². The predicted octanol–water partition coefficient (Wildman–Crippen LogP) is 3.23. The van der Waals surface area contributed by atoms with Crippen molar-refractivity contribution in [3.63, 3.8) is 0 Å². The van der Waals surface area contributed by atoms with Crippen LogP contribution in [-0.4, -0.2) is 22.7 Å². The first-order valence-corrected chi connectivity index (χ1v) is 7.33. The molecule has 3 nitrogen and oxygen atoms in total. The van der Waals surface area contributed by atoms with Gasteiger partial charge in [0.1, 0.15) is 15.8 Å². The maximum absolute atomic E-state index is 5.73. The summed E-state index contributed by atoms with van der Waals surface area (Å²) in [6.07, 6.45) is 1.76. The van der Waals surface area contributed by atoms with Crippen LogP contribution in [0.5, 0.6) is 5.75 Å². The molecule has 2 aromatic rings. The Hall–Kier alpha value is -1.13. The molecule has 0 bridgehead atoms. The maximum atomic E-state index is 5.73. The first kappa shape index (κ1) is 11.9. The molecule has 5 heteroatoms. The lowest BCUT2D eigenvalue weighted by molar-refractivity contribution is 0.276. The van der Waals surface area contributed by atoms with E-state index in [0.717, 1.165) is 35.2 Å². The lowest BCUT2D eigenvalue weighted by Crippen LogP contribution is -2.14. The fourth-order valence-electron chi connectivity index (χ4n) is 2.19. The van der Waals surface area contributed by atoms with Gasteiger partial charge in [0.05, 0.1) is 6.61 Å². The summed E-state index contributed by atoms with van der Waals surface area (Å²) in [7, 11) is 0. The topological polar surface area (TPSA) is 35.0 Å².